The highest BCUT2D eigenvalue weighted by molar-refractivity contribution is 7.89. The van der Waals surface area contributed by atoms with Crippen LogP contribution in [0.3, 0.4) is 0 Å². The number of nitrogens with zero attached hydrogens (tertiary/aromatic N) is 2. The second kappa shape index (κ2) is 8.01. The number of carbonyl (C=O) groups is 1. The number of carbonyl (C=O) groups excluding carboxylic acids is 1. The van der Waals surface area contributed by atoms with Crippen LogP contribution in [0.15, 0.2) is 23.1 Å². The van der Waals surface area contributed by atoms with Crippen LogP contribution in [0.5, 0.6) is 11.5 Å². The Labute approximate surface area is 177 Å². The Balaban J connectivity index is 1.50. The molecule has 1 amide bonds. The molecule has 0 aromatic heterocycles. The Kier molecular flexibility index (Phi) is 5.37. The third-order valence-corrected chi connectivity index (χ3v) is 8.66. The highest BCUT2D eigenvalue weighted by Crippen LogP contribution is 2.44. The molecule has 0 spiro atoms. The summed E-state index contributed by atoms with van der Waals surface area (Å²) in [6.45, 7) is 2.87. The van der Waals surface area contributed by atoms with Crippen molar-refractivity contribution in [3.05, 3.63) is 18.2 Å². The highest BCUT2D eigenvalue weighted by Gasteiger charge is 2.52. The first-order valence-electron chi connectivity index (χ1n) is 10.9. The molecule has 0 radical (unpaired) electrons. The van der Waals surface area contributed by atoms with Gasteiger partial charge in [0.1, 0.15) is 19.3 Å². The number of ether oxygens (including phenoxy) is 3. The number of amides is 1. The molecule has 3 fully saturated rings. The van der Waals surface area contributed by atoms with Crippen molar-refractivity contribution >= 4 is 15.9 Å². The Morgan fingerprint density at radius 2 is 1.70 bits per heavy atom. The van der Waals surface area contributed by atoms with E-state index in [0.717, 1.165) is 25.7 Å². The molecule has 3 heterocycles. The summed E-state index contributed by atoms with van der Waals surface area (Å²) in [6, 6.07) is 3.99. The lowest BCUT2D eigenvalue weighted by Gasteiger charge is -2.35. The van der Waals surface area contributed by atoms with Gasteiger partial charge in [-0.15, -0.1) is 0 Å². The van der Waals surface area contributed by atoms with Gasteiger partial charge in [-0.3, -0.25) is 4.79 Å². The van der Waals surface area contributed by atoms with E-state index in [9.17, 15) is 13.2 Å². The van der Waals surface area contributed by atoms with Crippen molar-refractivity contribution < 1.29 is 27.4 Å². The van der Waals surface area contributed by atoms with Gasteiger partial charge in [-0.25, -0.2) is 8.42 Å². The molecule has 4 aliphatic rings. The molecule has 0 N–H and O–H groups in total. The van der Waals surface area contributed by atoms with E-state index >= 15 is 0 Å². The number of rotatable bonds is 3. The molecule has 2 saturated heterocycles. The molecule has 1 aromatic rings. The monoisotopic (exact) mass is 436 g/mol. The lowest BCUT2D eigenvalue weighted by Crippen LogP contribution is -2.52. The Morgan fingerprint density at radius 1 is 0.967 bits per heavy atom. The normalized spacial score (nSPS) is 29.5. The lowest BCUT2D eigenvalue weighted by atomic mass is 9.85. The molecule has 30 heavy (non-hydrogen) atoms. The molecule has 1 saturated carbocycles. The van der Waals surface area contributed by atoms with Gasteiger partial charge in [0.25, 0.3) is 0 Å². The third-order valence-electron chi connectivity index (χ3n) is 6.73. The van der Waals surface area contributed by atoms with Crippen molar-refractivity contribution in [1.82, 2.24) is 9.21 Å². The number of sulfonamides is 1. The number of fused-ring (bicyclic) bond motifs is 2. The van der Waals surface area contributed by atoms with E-state index in [2.05, 4.69) is 0 Å². The van der Waals surface area contributed by atoms with E-state index in [-0.39, 0.29) is 22.8 Å². The van der Waals surface area contributed by atoms with Crippen molar-refractivity contribution in [2.75, 3.05) is 39.5 Å². The van der Waals surface area contributed by atoms with Crippen LogP contribution in [-0.4, -0.2) is 75.1 Å². The summed E-state index contributed by atoms with van der Waals surface area (Å²) < 4.78 is 45.6. The van der Waals surface area contributed by atoms with Crippen molar-refractivity contribution in [2.45, 2.75) is 49.1 Å². The maximum Gasteiger partial charge on any atom is 0.244 e. The first-order chi connectivity index (χ1) is 14.6. The second-order valence-electron chi connectivity index (χ2n) is 8.44. The fourth-order valence-electron chi connectivity index (χ4n) is 5.28. The molecule has 5 rings (SSSR count). The number of hydrogen-bond donors (Lipinski definition) is 0. The van der Waals surface area contributed by atoms with E-state index in [1.807, 2.05) is 0 Å². The Morgan fingerprint density at radius 3 is 2.50 bits per heavy atom. The zero-order valence-corrected chi connectivity index (χ0v) is 17.8. The molecule has 1 aliphatic carbocycles. The SMILES string of the molecule is O=C(C1CC2CCCCC2N1S(=O)(=O)c1ccc2c(c1)OCCO2)N1CCOCC1. The van der Waals surface area contributed by atoms with Crippen LogP contribution in [-0.2, 0) is 19.6 Å². The van der Waals surface area contributed by atoms with Crippen LogP contribution in [0.1, 0.15) is 32.1 Å². The molecule has 164 valence electrons. The first-order valence-corrected chi connectivity index (χ1v) is 12.3. The van der Waals surface area contributed by atoms with E-state index in [1.54, 1.807) is 17.0 Å². The summed E-state index contributed by atoms with van der Waals surface area (Å²) in [5, 5.41) is 0. The van der Waals surface area contributed by atoms with Crippen molar-refractivity contribution in [3.8, 4) is 11.5 Å². The summed E-state index contributed by atoms with van der Waals surface area (Å²) in [5.74, 6) is 1.14. The summed E-state index contributed by atoms with van der Waals surface area (Å²) in [6.07, 6.45) is 4.47. The minimum atomic E-state index is -3.86. The zero-order chi connectivity index (χ0) is 20.7. The molecule has 9 heteroatoms. The Hall–Kier alpha value is -1.84. The van der Waals surface area contributed by atoms with Gasteiger partial charge in [-0.2, -0.15) is 4.31 Å². The van der Waals surface area contributed by atoms with Crippen LogP contribution in [0.4, 0.5) is 0 Å². The average molecular weight is 437 g/mol. The van der Waals surface area contributed by atoms with E-state index in [4.69, 9.17) is 14.2 Å². The van der Waals surface area contributed by atoms with Crippen LogP contribution < -0.4 is 9.47 Å². The van der Waals surface area contributed by atoms with Crippen LogP contribution in [0.25, 0.3) is 0 Å². The smallest absolute Gasteiger partial charge is 0.244 e. The van der Waals surface area contributed by atoms with Crippen LogP contribution in [0.2, 0.25) is 0 Å². The van der Waals surface area contributed by atoms with E-state index in [0.29, 0.717) is 57.4 Å². The first kappa shape index (κ1) is 20.1. The molecule has 8 nitrogen and oxygen atoms in total. The average Bonchev–Trinajstić information content (AvgIpc) is 3.19. The van der Waals surface area contributed by atoms with Gasteiger partial charge in [0, 0.05) is 25.2 Å². The quantitative estimate of drug-likeness (QED) is 0.716. The molecular weight excluding hydrogens is 408 g/mol. The molecule has 3 atom stereocenters. The summed E-state index contributed by atoms with van der Waals surface area (Å²) in [7, 11) is -3.86. The molecular formula is C21H28N2O6S. The summed E-state index contributed by atoms with van der Waals surface area (Å²) >= 11 is 0. The predicted molar refractivity (Wildman–Crippen MR) is 108 cm³/mol. The topological polar surface area (TPSA) is 85.4 Å². The summed E-state index contributed by atoms with van der Waals surface area (Å²) in [5.41, 5.74) is 0. The second-order valence-corrected chi connectivity index (χ2v) is 10.3. The number of hydrogen-bond acceptors (Lipinski definition) is 6. The maximum absolute atomic E-state index is 13.8. The predicted octanol–water partition coefficient (Wildman–Crippen LogP) is 1.64. The standard InChI is InChI=1S/C21H28N2O6S/c24-21(22-7-9-27-10-8-22)18-13-15-3-1-2-4-17(15)23(18)30(25,26)16-5-6-19-20(14-16)29-12-11-28-19/h5-6,14-15,17-18H,1-4,7-13H2. The molecule has 3 aliphatic heterocycles. The van der Waals surface area contributed by atoms with Crippen LogP contribution >= 0.6 is 0 Å². The fourth-order valence-corrected chi connectivity index (χ4v) is 7.16. The maximum atomic E-state index is 13.8. The van der Waals surface area contributed by atoms with Gasteiger partial charge < -0.3 is 19.1 Å². The summed E-state index contributed by atoms with van der Waals surface area (Å²) in [4.78, 5) is 15.3. The van der Waals surface area contributed by atoms with Crippen molar-refractivity contribution in [1.29, 1.82) is 0 Å². The van der Waals surface area contributed by atoms with Gasteiger partial charge in [-0.05, 0) is 37.3 Å². The zero-order valence-electron chi connectivity index (χ0n) is 17.0. The van der Waals surface area contributed by atoms with Gasteiger partial charge in [0.15, 0.2) is 11.5 Å². The molecule has 3 unspecified atom stereocenters. The van der Waals surface area contributed by atoms with E-state index < -0.39 is 16.1 Å². The van der Waals surface area contributed by atoms with Gasteiger partial charge in [0.2, 0.25) is 15.9 Å². The molecule has 0 bridgehead atoms. The fraction of sp³-hybridized carbons (Fsp3) is 0.667. The minimum absolute atomic E-state index is 0.0891. The third kappa shape index (κ3) is 3.46. The van der Waals surface area contributed by atoms with E-state index in [1.165, 1.54) is 10.4 Å². The van der Waals surface area contributed by atoms with Gasteiger partial charge in [0.05, 0.1) is 18.1 Å². The molecule has 1 aromatic carbocycles. The minimum Gasteiger partial charge on any atom is -0.486 e. The number of benzene rings is 1. The van der Waals surface area contributed by atoms with Gasteiger partial charge >= 0.3 is 0 Å². The van der Waals surface area contributed by atoms with Crippen molar-refractivity contribution in [2.24, 2.45) is 5.92 Å². The Bertz CT molecular complexity index is 914. The highest BCUT2D eigenvalue weighted by atomic mass is 32.2. The lowest BCUT2D eigenvalue weighted by molar-refractivity contribution is -0.139. The van der Waals surface area contributed by atoms with Gasteiger partial charge in [-0.1, -0.05) is 12.8 Å². The largest absolute Gasteiger partial charge is 0.486 e. The van der Waals surface area contributed by atoms with Crippen LogP contribution in [0, 0.1) is 5.92 Å². The number of morpholine rings is 1. The van der Waals surface area contributed by atoms with Crippen molar-refractivity contribution in [3.63, 3.8) is 0 Å².